The molecule has 1 N–H and O–H groups in total. The third-order valence-corrected chi connectivity index (χ3v) is 2.72. The molecule has 0 radical (unpaired) electrons. The number of hydrogen-bond acceptors (Lipinski definition) is 3. The number of benzene rings is 1. The quantitative estimate of drug-likeness (QED) is 0.508. The molecule has 0 spiro atoms. The van der Waals surface area contributed by atoms with E-state index in [1.54, 1.807) is 6.08 Å². The minimum Gasteiger partial charge on any atom is -0.466 e. The third-order valence-electron chi connectivity index (χ3n) is 2.72. The van der Waals surface area contributed by atoms with Crippen LogP contribution in [0.1, 0.15) is 11.1 Å². The molecule has 0 aliphatic carbocycles. The summed E-state index contributed by atoms with van der Waals surface area (Å²) in [5.74, 6) is -0.403. The van der Waals surface area contributed by atoms with Crippen LogP contribution < -0.4 is 0 Å². The van der Waals surface area contributed by atoms with Gasteiger partial charge in [-0.15, -0.1) is 0 Å². The number of fused-ring (bicyclic) bond motifs is 1. The first-order chi connectivity index (χ1) is 8.76. The zero-order valence-corrected chi connectivity index (χ0v) is 9.97. The zero-order valence-electron chi connectivity index (χ0n) is 9.97. The fourth-order valence-corrected chi connectivity index (χ4v) is 1.90. The predicted octanol–water partition coefficient (Wildman–Crippen LogP) is 2.10. The van der Waals surface area contributed by atoms with Crippen molar-refractivity contribution >= 4 is 29.2 Å². The summed E-state index contributed by atoms with van der Waals surface area (Å²) in [5, 5.41) is 0.963. The highest BCUT2D eigenvalue weighted by Crippen LogP contribution is 2.23. The SMILES string of the molecule is COC(=O)C=Cc1cccc2[nH]cc(CC=O)c12. The summed E-state index contributed by atoms with van der Waals surface area (Å²) < 4.78 is 4.55. The average Bonchev–Trinajstić information content (AvgIpc) is 2.80. The van der Waals surface area contributed by atoms with Crippen LogP contribution in [0, 0.1) is 0 Å². The third kappa shape index (κ3) is 2.32. The number of aromatic amines is 1. The van der Waals surface area contributed by atoms with Crippen LogP contribution in [-0.2, 0) is 20.7 Å². The van der Waals surface area contributed by atoms with Crippen molar-refractivity contribution in [1.29, 1.82) is 0 Å². The molecular formula is C14H13NO3. The van der Waals surface area contributed by atoms with E-state index in [0.717, 1.165) is 28.3 Å². The van der Waals surface area contributed by atoms with Crippen LogP contribution >= 0.6 is 0 Å². The molecule has 4 nitrogen and oxygen atoms in total. The molecule has 2 rings (SSSR count). The first-order valence-electron chi connectivity index (χ1n) is 5.55. The lowest BCUT2D eigenvalue weighted by Crippen LogP contribution is -1.93. The molecule has 0 atom stereocenters. The van der Waals surface area contributed by atoms with Gasteiger partial charge in [-0.2, -0.15) is 0 Å². The first kappa shape index (κ1) is 12.1. The van der Waals surface area contributed by atoms with Gasteiger partial charge in [0.1, 0.15) is 6.29 Å². The fourth-order valence-electron chi connectivity index (χ4n) is 1.90. The summed E-state index contributed by atoms with van der Waals surface area (Å²) >= 11 is 0. The Labute approximate surface area is 104 Å². The molecule has 0 unspecified atom stereocenters. The van der Waals surface area contributed by atoms with Crippen molar-refractivity contribution in [3.8, 4) is 0 Å². The van der Waals surface area contributed by atoms with Crippen LogP contribution in [-0.4, -0.2) is 24.3 Å². The number of carbonyl (C=O) groups is 2. The second kappa shape index (κ2) is 5.31. The molecule has 0 amide bonds. The normalized spacial score (nSPS) is 10.9. The van der Waals surface area contributed by atoms with Gasteiger partial charge in [-0.3, -0.25) is 0 Å². The molecule has 0 aliphatic rings. The van der Waals surface area contributed by atoms with E-state index in [1.165, 1.54) is 13.2 Å². The Bertz CT molecular complexity index is 611. The van der Waals surface area contributed by atoms with Crippen molar-refractivity contribution < 1.29 is 14.3 Å². The van der Waals surface area contributed by atoms with E-state index in [-0.39, 0.29) is 0 Å². The van der Waals surface area contributed by atoms with Gasteiger partial charge in [0.25, 0.3) is 0 Å². The van der Waals surface area contributed by atoms with Crippen LogP contribution in [0.4, 0.5) is 0 Å². The largest absolute Gasteiger partial charge is 0.466 e. The van der Waals surface area contributed by atoms with Crippen molar-refractivity contribution in [2.45, 2.75) is 6.42 Å². The first-order valence-corrected chi connectivity index (χ1v) is 5.55. The summed E-state index contributed by atoms with van der Waals surface area (Å²) in [7, 11) is 1.33. The molecule has 4 heteroatoms. The molecule has 0 saturated carbocycles. The van der Waals surface area contributed by atoms with Gasteiger partial charge in [-0.1, -0.05) is 12.1 Å². The predicted molar refractivity (Wildman–Crippen MR) is 69.1 cm³/mol. The van der Waals surface area contributed by atoms with Crippen molar-refractivity contribution in [1.82, 2.24) is 4.98 Å². The van der Waals surface area contributed by atoms with Gasteiger partial charge in [-0.05, 0) is 23.3 Å². The lowest BCUT2D eigenvalue weighted by Gasteiger charge is -1.99. The number of ether oxygens (including phenoxy) is 1. The Hall–Kier alpha value is -2.36. The number of aromatic nitrogens is 1. The maximum Gasteiger partial charge on any atom is 0.330 e. The van der Waals surface area contributed by atoms with Crippen LogP contribution in [0.5, 0.6) is 0 Å². The molecule has 0 bridgehead atoms. The van der Waals surface area contributed by atoms with Gasteiger partial charge >= 0.3 is 5.97 Å². The van der Waals surface area contributed by atoms with Crippen LogP contribution in [0.3, 0.4) is 0 Å². The number of H-pyrrole nitrogens is 1. The molecule has 1 aromatic heterocycles. The average molecular weight is 243 g/mol. The highest BCUT2D eigenvalue weighted by Gasteiger charge is 2.06. The smallest absolute Gasteiger partial charge is 0.330 e. The van der Waals surface area contributed by atoms with Gasteiger partial charge in [0.15, 0.2) is 0 Å². The molecule has 92 valence electrons. The number of aldehydes is 1. The van der Waals surface area contributed by atoms with E-state index in [4.69, 9.17) is 0 Å². The Morgan fingerprint density at radius 1 is 1.44 bits per heavy atom. The highest BCUT2D eigenvalue weighted by atomic mass is 16.5. The van der Waals surface area contributed by atoms with Crippen molar-refractivity contribution in [3.63, 3.8) is 0 Å². The summed E-state index contributed by atoms with van der Waals surface area (Å²) in [5.41, 5.74) is 2.75. The van der Waals surface area contributed by atoms with Crippen LogP contribution in [0.2, 0.25) is 0 Å². The molecule has 0 saturated heterocycles. The molecule has 2 aromatic rings. The Morgan fingerprint density at radius 2 is 2.28 bits per heavy atom. The van der Waals surface area contributed by atoms with Crippen molar-refractivity contribution in [3.05, 3.63) is 41.6 Å². The lowest BCUT2D eigenvalue weighted by atomic mass is 10.0. The summed E-state index contributed by atoms with van der Waals surface area (Å²) in [6.07, 6.45) is 6.09. The lowest BCUT2D eigenvalue weighted by molar-refractivity contribution is -0.134. The molecule has 1 aromatic carbocycles. The number of hydrogen-bond donors (Lipinski definition) is 1. The van der Waals surface area contributed by atoms with E-state index < -0.39 is 5.97 Å². The maximum absolute atomic E-state index is 11.1. The van der Waals surface area contributed by atoms with Gasteiger partial charge < -0.3 is 14.5 Å². The van der Waals surface area contributed by atoms with Gasteiger partial charge in [0, 0.05) is 29.6 Å². The zero-order chi connectivity index (χ0) is 13.0. The minimum atomic E-state index is -0.403. The maximum atomic E-state index is 11.1. The molecular weight excluding hydrogens is 230 g/mol. The molecule has 1 heterocycles. The molecule has 0 fully saturated rings. The second-order valence-corrected chi connectivity index (χ2v) is 3.81. The summed E-state index contributed by atoms with van der Waals surface area (Å²) in [6, 6.07) is 5.71. The summed E-state index contributed by atoms with van der Waals surface area (Å²) in [6.45, 7) is 0. The number of carbonyl (C=O) groups excluding carboxylic acids is 2. The van der Waals surface area contributed by atoms with Gasteiger partial charge in [0.2, 0.25) is 0 Å². The Morgan fingerprint density at radius 3 is 3.00 bits per heavy atom. The number of rotatable bonds is 4. The monoisotopic (exact) mass is 243 g/mol. The van der Waals surface area contributed by atoms with E-state index in [1.807, 2.05) is 24.4 Å². The van der Waals surface area contributed by atoms with Crippen LogP contribution in [0.15, 0.2) is 30.5 Å². The summed E-state index contributed by atoms with van der Waals surface area (Å²) in [4.78, 5) is 24.8. The van der Waals surface area contributed by atoms with Crippen molar-refractivity contribution in [2.75, 3.05) is 7.11 Å². The van der Waals surface area contributed by atoms with E-state index >= 15 is 0 Å². The fraction of sp³-hybridized carbons (Fsp3) is 0.143. The van der Waals surface area contributed by atoms with E-state index in [0.29, 0.717) is 6.42 Å². The number of esters is 1. The van der Waals surface area contributed by atoms with E-state index in [9.17, 15) is 9.59 Å². The topological polar surface area (TPSA) is 59.2 Å². The number of methoxy groups -OCH3 is 1. The van der Waals surface area contributed by atoms with Gasteiger partial charge in [0.05, 0.1) is 7.11 Å². The van der Waals surface area contributed by atoms with Crippen molar-refractivity contribution in [2.24, 2.45) is 0 Å². The molecule has 0 aliphatic heterocycles. The Balaban J connectivity index is 2.49. The highest BCUT2D eigenvalue weighted by molar-refractivity contribution is 5.96. The molecule has 18 heavy (non-hydrogen) atoms. The van der Waals surface area contributed by atoms with E-state index in [2.05, 4.69) is 9.72 Å². The second-order valence-electron chi connectivity index (χ2n) is 3.81. The standard InChI is InChI=1S/C14H13NO3/c1-18-13(17)6-5-10-3-2-4-12-14(10)11(7-8-16)9-15-12/h2-6,8-9,15H,7H2,1H3. The van der Waals surface area contributed by atoms with Crippen LogP contribution in [0.25, 0.3) is 17.0 Å². The Kier molecular flexibility index (Phi) is 3.57. The van der Waals surface area contributed by atoms with Gasteiger partial charge in [-0.25, -0.2) is 4.79 Å². The minimum absolute atomic E-state index is 0.350. The number of nitrogens with one attached hydrogen (secondary N) is 1.